The number of piperidine rings is 1. The van der Waals surface area contributed by atoms with Crippen LogP contribution in [0.3, 0.4) is 0 Å². The lowest BCUT2D eigenvalue weighted by Crippen LogP contribution is -2.44. The number of aromatic nitrogens is 4. The summed E-state index contributed by atoms with van der Waals surface area (Å²) in [6.45, 7) is 4.10. The van der Waals surface area contributed by atoms with Crippen LogP contribution in [0.5, 0.6) is 0 Å². The van der Waals surface area contributed by atoms with E-state index in [1.807, 2.05) is 11.0 Å². The largest absolute Gasteiger partial charge is 0.418 e. The molecule has 3 aromatic rings. The average molecular weight is 584 g/mol. The molecule has 0 unspecified atom stereocenters. The fourth-order valence-electron chi connectivity index (χ4n) is 6.35. The van der Waals surface area contributed by atoms with Gasteiger partial charge in [-0.25, -0.2) is 19.9 Å². The summed E-state index contributed by atoms with van der Waals surface area (Å²) in [6, 6.07) is 5.96. The van der Waals surface area contributed by atoms with Crippen molar-refractivity contribution < 1.29 is 22.7 Å². The van der Waals surface area contributed by atoms with E-state index in [0.29, 0.717) is 62.2 Å². The van der Waals surface area contributed by atoms with Crippen LogP contribution in [0, 0.1) is 17.8 Å². The highest BCUT2D eigenvalue weighted by molar-refractivity contribution is 6.06. The topological polar surface area (TPSA) is 148 Å². The van der Waals surface area contributed by atoms with Crippen LogP contribution >= 0.6 is 0 Å². The van der Waals surface area contributed by atoms with Crippen molar-refractivity contribution in [3.05, 3.63) is 47.9 Å². The van der Waals surface area contributed by atoms with Gasteiger partial charge in [-0.2, -0.15) is 13.2 Å². The summed E-state index contributed by atoms with van der Waals surface area (Å²) in [4.78, 5) is 34.4. The molecule has 1 amide bonds. The monoisotopic (exact) mass is 583 g/mol. The number of anilines is 4. The zero-order chi connectivity index (χ0) is 29.4. The smallest absolute Gasteiger partial charge is 0.382 e. The molecular formula is C28H32F3N9O2. The van der Waals surface area contributed by atoms with Gasteiger partial charge in [0, 0.05) is 32.4 Å². The molecule has 14 heteroatoms. The summed E-state index contributed by atoms with van der Waals surface area (Å²) in [6.07, 6.45) is 0.172. The summed E-state index contributed by atoms with van der Waals surface area (Å²) in [5, 5.41) is 2.76. The Bertz CT molecular complexity index is 1450. The second-order valence-electron chi connectivity index (χ2n) is 10.9. The second kappa shape index (κ2) is 11.3. The van der Waals surface area contributed by atoms with Gasteiger partial charge < -0.3 is 31.3 Å². The van der Waals surface area contributed by atoms with Crippen molar-refractivity contribution in [3.63, 3.8) is 0 Å². The van der Waals surface area contributed by atoms with Crippen LogP contribution in [0.2, 0.25) is 0 Å². The Balaban J connectivity index is 1.30. The van der Waals surface area contributed by atoms with Crippen LogP contribution in [-0.4, -0.2) is 71.8 Å². The first-order valence-corrected chi connectivity index (χ1v) is 14.0. The molecule has 3 aliphatic rings. The zero-order valence-electron chi connectivity index (χ0n) is 22.8. The average Bonchev–Trinajstić information content (AvgIpc) is 3.24. The van der Waals surface area contributed by atoms with E-state index in [0.717, 1.165) is 43.9 Å². The molecule has 1 saturated carbocycles. The number of nitrogen functional groups attached to an aromatic ring is 1. The Labute approximate surface area is 240 Å². The third-order valence-electron chi connectivity index (χ3n) is 8.44. The molecule has 222 valence electrons. The molecule has 1 aliphatic carbocycles. The van der Waals surface area contributed by atoms with Gasteiger partial charge in [0.25, 0.3) is 5.91 Å². The molecule has 5 heterocycles. The maximum atomic E-state index is 14.0. The summed E-state index contributed by atoms with van der Waals surface area (Å²) in [5.41, 5.74) is 10.8. The lowest BCUT2D eigenvalue weighted by molar-refractivity contribution is -0.137. The minimum absolute atomic E-state index is 0.224. The number of hydrogen-bond acceptors (Lipinski definition) is 10. The van der Waals surface area contributed by atoms with Gasteiger partial charge in [0.05, 0.1) is 30.7 Å². The Morgan fingerprint density at radius 3 is 2.48 bits per heavy atom. The molecule has 0 spiro atoms. The van der Waals surface area contributed by atoms with Gasteiger partial charge in [-0.05, 0) is 61.4 Å². The number of morpholine rings is 1. The Morgan fingerprint density at radius 2 is 1.79 bits per heavy atom. The molecule has 5 N–H and O–H groups in total. The number of carbonyl (C=O) groups is 1. The first kappa shape index (κ1) is 28.1. The fourth-order valence-corrected chi connectivity index (χ4v) is 6.35. The highest BCUT2D eigenvalue weighted by Crippen LogP contribution is 2.43. The van der Waals surface area contributed by atoms with Crippen LogP contribution in [-0.2, 0) is 10.9 Å². The predicted molar refractivity (Wildman–Crippen MR) is 151 cm³/mol. The molecule has 0 aromatic carbocycles. The number of nitrogens with zero attached hydrogens (tertiary/aromatic N) is 6. The fraction of sp³-hybridized carbons (Fsp3) is 0.464. The van der Waals surface area contributed by atoms with Crippen LogP contribution in [0.25, 0.3) is 11.4 Å². The highest BCUT2D eigenvalue weighted by Gasteiger charge is 2.42. The molecule has 3 atom stereocenters. The Morgan fingerprint density at radius 1 is 1.05 bits per heavy atom. The first-order chi connectivity index (χ1) is 20.2. The van der Waals surface area contributed by atoms with Crippen LogP contribution in [0.1, 0.15) is 28.9 Å². The Hall–Kier alpha value is -4.04. The van der Waals surface area contributed by atoms with Crippen molar-refractivity contribution in [3.8, 4) is 11.4 Å². The van der Waals surface area contributed by atoms with E-state index >= 15 is 0 Å². The molecule has 2 saturated heterocycles. The number of carbonyl (C=O) groups excluding carboxylic acids is 1. The maximum absolute atomic E-state index is 14.0. The van der Waals surface area contributed by atoms with Crippen molar-refractivity contribution in [1.82, 2.24) is 19.9 Å². The van der Waals surface area contributed by atoms with E-state index in [1.54, 1.807) is 12.3 Å². The zero-order valence-corrected chi connectivity index (χ0v) is 22.8. The standard InChI is InChI=1S/C28H32F3N9O2/c29-28(30,31)19-5-6-22(39-8-10-42-11-9-39)37-23(19)20-13-35-25(33)24(36-20)27(41)38-26-21(2-1-7-34-26)40-14-16-3-4-17(15-40)18(16)12-32/h1-2,5-7,13,16-18H,3-4,8-12,14-15,32H2,(H2,33,35)(H,34,38,41)/t16-,17+,18-. The lowest BCUT2D eigenvalue weighted by atomic mass is 9.85. The number of halogens is 3. The normalized spacial score (nSPS) is 22.3. The Kier molecular flexibility index (Phi) is 7.58. The molecule has 42 heavy (non-hydrogen) atoms. The number of pyridine rings is 2. The molecule has 6 rings (SSSR count). The van der Waals surface area contributed by atoms with Gasteiger partial charge in [-0.15, -0.1) is 0 Å². The third-order valence-corrected chi connectivity index (χ3v) is 8.44. The molecule has 2 aliphatic heterocycles. The number of nitrogens with one attached hydrogen (secondary N) is 1. The van der Waals surface area contributed by atoms with Crippen LogP contribution in [0.4, 0.5) is 36.3 Å². The lowest BCUT2D eigenvalue weighted by Gasteiger charge is -2.39. The van der Waals surface area contributed by atoms with Crippen molar-refractivity contribution in [2.45, 2.75) is 19.0 Å². The van der Waals surface area contributed by atoms with Crippen molar-refractivity contribution in [2.75, 3.05) is 66.8 Å². The number of fused-ring (bicyclic) bond motifs is 2. The highest BCUT2D eigenvalue weighted by atomic mass is 19.4. The quantitative estimate of drug-likeness (QED) is 0.395. The van der Waals surface area contributed by atoms with Gasteiger partial charge in [-0.1, -0.05) is 0 Å². The van der Waals surface area contributed by atoms with Crippen LogP contribution < -0.4 is 26.6 Å². The minimum Gasteiger partial charge on any atom is -0.382 e. The molecule has 2 bridgehead atoms. The van der Waals surface area contributed by atoms with E-state index < -0.39 is 23.3 Å². The number of rotatable bonds is 6. The number of hydrogen-bond donors (Lipinski definition) is 3. The van der Waals surface area contributed by atoms with Gasteiger partial charge >= 0.3 is 6.18 Å². The summed E-state index contributed by atoms with van der Waals surface area (Å²) < 4.78 is 47.4. The number of ether oxygens (including phenoxy) is 1. The number of nitrogens with two attached hydrogens (primary N) is 2. The summed E-state index contributed by atoms with van der Waals surface area (Å²) >= 11 is 0. The second-order valence-corrected chi connectivity index (χ2v) is 10.9. The van der Waals surface area contributed by atoms with Crippen molar-refractivity contribution >= 4 is 29.0 Å². The number of amides is 1. The molecule has 0 radical (unpaired) electrons. The predicted octanol–water partition coefficient (Wildman–Crippen LogP) is 3.04. The maximum Gasteiger partial charge on any atom is 0.418 e. The summed E-state index contributed by atoms with van der Waals surface area (Å²) in [5.74, 6) is 1.12. The first-order valence-electron chi connectivity index (χ1n) is 14.0. The third kappa shape index (κ3) is 5.43. The van der Waals surface area contributed by atoms with Crippen molar-refractivity contribution in [1.29, 1.82) is 0 Å². The van der Waals surface area contributed by atoms with E-state index in [4.69, 9.17) is 16.2 Å². The minimum atomic E-state index is -4.71. The summed E-state index contributed by atoms with van der Waals surface area (Å²) in [7, 11) is 0. The molecule has 11 nitrogen and oxygen atoms in total. The van der Waals surface area contributed by atoms with E-state index in [-0.39, 0.29) is 17.2 Å². The molecular weight excluding hydrogens is 551 g/mol. The van der Waals surface area contributed by atoms with Gasteiger partial charge in [0.15, 0.2) is 17.3 Å². The van der Waals surface area contributed by atoms with E-state index in [9.17, 15) is 18.0 Å². The van der Waals surface area contributed by atoms with Gasteiger partial charge in [-0.3, -0.25) is 4.79 Å². The van der Waals surface area contributed by atoms with Gasteiger partial charge in [0.2, 0.25) is 0 Å². The molecule has 3 aromatic heterocycles. The number of alkyl halides is 3. The van der Waals surface area contributed by atoms with Crippen LogP contribution in [0.15, 0.2) is 36.7 Å². The SMILES string of the molecule is NC[C@@H]1[C@@H]2CC[C@H]1CN(c1cccnc1NC(=O)c1nc(-c3nc(N4CCOCC4)ccc3C(F)(F)F)cnc1N)C2. The van der Waals surface area contributed by atoms with E-state index in [2.05, 4.69) is 30.2 Å². The van der Waals surface area contributed by atoms with Crippen molar-refractivity contribution in [2.24, 2.45) is 23.5 Å². The van der Waals surface area contributed by atoms with E-state index in [1.165, 1.54) is 6.07 Å². The van der Waals surface area contributed by atoms with Gasteiger partial charge in [0.1, 0.15) is 17.2 Å². The molecule has 3 fully saturated rings.